The maximum absolute atomic E-state index is 6.46. The Kier molecular flexibility index (Phi) is 6.29. The third-order valence-electron chi connectivity index (χ3n) is 12.1. The zero-order valence-corrected chi connectivity index (χ0v) is 29.9. The smallest absolute Gasteiger partial charge is 0.143 e. The fraction of sp³-hybridized carbons (Fsp3) is 0.0189. The third-order valence-corrected chi connectivity index (χ3v) is 12.1. The summed E-state index contributed by atoms with van der Waals surface area (Å²) < 4.78 is 6.46. The molecule has 2 aliphatic carbocycles. The molecule has 0 aliphatic heterocycles. The molecule has 1 heterocycles. The highest BCUT2D eigenvalue weighted by molar-refractivity contribution is 6.09. The van der Waals surface area contributed by atoms with Gasteiger partial charge < -0.3 is 9.32 Å². The number of para-hydroxylation sites is 2. The van der Waals surface area contributed by atoms with Gasteiger partial charge in [-0.25, -0.2) is 0 Å². The number of benzene rings is 9. The summed E-state index contributed by atoms with van der Waals surface area (Å²) in [4.78, 5) is 2.44. The average molecular weight is 700 g/mol. The summed E-state index contributed by atoms with van der Waals surface area (Å²) in [5.41, 5.74) is 17.6. The lowest BCUT2D eigenvalue weighted by Crippen LogP contribution is -2.26. The minimum absolute atomic E-state index is 0.422. The molecule has 2 aliphatic rings. The topological polar surface area (TPSA) is 16.4 Å². The zero-order chi connectivity index (χ0) is 36.1. The Morgan fingerprint density at radius 1 is 0.364 bits per heavy atom. The van der Waals surface area contributed by atoms with Gasteiger partial charge >= 0.3 is 0 Å². The van der Waals surface area contributed by atoms with Crippen LogP contribution < -0.4 is 4.90 Å². The van der Waals surface area contributed by atoms with E-state index < -0.39 is 5.41 Å². The van der Waals surface area contributed by atoms with E-state index >= 15 is 0 Å². The molecule has 0 N–H and O–H groups in total. The van der Waals surface area contributed by atoms with E-state index in [0.717, 1.165) is 50.1 Å². The molecule has 12 rings (SSSR count). The molecule has 0 unspecified atom stereocenters. The second-order valence-electron chi connectivity index (χ2n) is 14.8. The van der Waals surface area contributed by atoms with E-state index in [1.54, 1.807) is 0 Å². The van der Waals surface area contributed by atoms with Crippen LogP contribution in [-0.4, -0.2) is 0 Å². The van der Waals surface area contributed by atoms with Gasteiger partial charge in [0.25, 0.3) is 0 Å². The van der Waals surface area contributed by atoms with Crippen LogP contribution >= 0.6 is 0 Å². The summed E-state index contributed by atoms with van der Waals surface area (Å²) in [5.74, 6) is 0. The van der Waals surface area contributed by atoms with Crippen LogP contribution in [0.2, 0.25) is 0 Å². The maximum atomic E-state index is 6.46. The van der Waals surface area contributed by atoms with Gasteiger partial charge in [-0.2, -0.15) is 0 Å². The van der Waals surface area contributed by atoms with Gasteiger partial charge in [0.15, 0.2) is 0 Å². The number of fused-ring (bicyclic) bond motifs is 14. The van der Waals surface area contributed by atoms with Crippen molar-refractivity contribution in [1.29, 1.82) is 0 Å². The summed E-state index contributed by atoms with van der Waals surface area (Å²) >= 11 is 0. The van der Waals surface area contributed by atoms with E-state index in [1.807, 2.05) is 12.1 Å². The summed E-state index contributed by atoms with van der Waals surface area (Å²) in [5, 5.41) is 4.69. The molecule has 1 aromatic heterocycles. The van der Waals surface area contributed by atoms with Gasteiger partial charge in [-0.3, -0.25) is 0 Å². The third kappa shape index (κ3) is 4.14. The van der Waals surface area contributed by atoms with Crippen molar-refractivity contribution in [3.8, 4) is 33.4 Å². The highest BCUT2D eigenvalue weighted by atomic mass is 16.3. The van der Waals surface area contributed by atoms with E-state index in [4.69, 9.17) is 4.42 Å². The Balaban J connectivity index is 1.08. The predicted octanol–water partition coefficient (Wildman–Crippen LogP) is 14.2. The van der Waals surface area contributed by atoms with Crippen molar-refractivity contribution in [2.75, 3.05) is 4.90 Å². The molecular weight excluding hydrogens is 667 g/mol. The number of hydrogen-bond acceptors (Lipinski definition) is 2. The van der Waals surface area contributed by atoms with Gasteiger partial charge in [0, 0.05) is 33.1 Å². The first-order valence-electron chi connectivity index (χ1n) is 19.0. The normalized spacial score (nSPS) is 13.2. The Morgan fingerprint density at radius 3 is 1.62 bits per heavy atom. The van der Waals surface area contributed by atoms with Crippen LogP contribution in [0.15, 0.2) is 205 Å². The second kappa shape index (κ2) is 11.4. The van der Waals surface area contributed by atoms with Crippen molar-refractivity contribution in [2.45, 2.75) is 5.41 Å². The van der Waals surface area contributed by atoms with Crippen molar-refractivity contribution in [1.82, 2.24) is 0 Å². The molecule has 55 heavy (non-hydrogen) atoms. The Hall–Kier alpha value is -7.16. The zero-order valence-electron chi connectivity index (χ0n) is 29.9. The molecule has 2 nitrogen and oxygen atoms in total. The van der Waals surface area contributed by atoms with E-state index in [2.05, 4.69) is 193 Å². The fourth-order valence-corrected chi connectivity index (χ4v) is 9.82. The minimum atomic E-state index is -0.422. The first kappa shape index (κ1) is 30.3. The Morgan fingerprint density at radius 2 is 0.891 bits per heavy atom. The molecule has 10 aromatic rings. The molecule has 0 saturated heterocycles. The first-order valence-corrected chi connectivity index (χ1v) is 19.0. The Labute approximate surface area is 319 Å². The van der Waals surface area contributed by atoms with Gasteiger partial charge in [-0.1, -0.05) is 164 Å². The maximum Gasteiger partial charge on any atom is 0.143 e. The lowest BCUT2D eigenvalue weighted by molar-refractivity contribution is 0.670. The summed E-state index contributed by atoms with van der Waals surface area (Å²) in [7, 11) is 0. The van der Waals surface area contributed by atoms with E-state index in [9.17, 15) is 0 Å². The number of hydrogen-bond donors (Lipinski definition) is 0. The standard InChI is InChI=1S/C53H33NO/c1-2-15-38-34(13-1)14-11-25-50(38)54(36-29-27-35(28-30-36)39-20-12-21-45-44-19-6-10-26-51(44)55-52(39)45)37-31-32-43-42-18-5-9-24-48(42)53(49(43)33-37)46-22-7-3-16-40(46)41-17-4-8-23-47(41)53/h1-33H. The van der Waals surface area contributed by atoms with Gasteiger partial charge in [-0.15, -0.1) is 0 Å². The molecule has 1 spiro atoms. The molecular formula is C53H33NO. The number of rotatable bonds is 4. The minimum Gasteiger partial charge on any atom is -0.455 e. The monoisotopic (exact) mass is 699 g/mol. The van der Waals surface area contributed by atoms with Gasteiger partial charge in [-0.05, 0) is 91.9 Å². The highest BCUT2D eigenvalue weighted by Gasteiger charge is 2.51. The molecule has 9 aromatic carbocycles. The number of furan rings is 1. The molecule has 0 saturated carbocycles. The molecule has 0 fully saturated rings. The van der Waals surface area contributed by atoms with E-state index in [0.29, 0.717) is 0 Å². The van der Waals surface area contributed by atoms with Crippen molar-refractivity contribution >= 4 is 49.8 Å². The fourth-order valence-electron chi connectivity index (χ4n) is 9.82. The largest absolute Gasteiger partial charge is 0.455 e. The van der Waals surface area contributed by atoms with Crippen LogP contribution in [0.4, 0.5) is 17.1 Å². The average Bonchev–Trinajstić information content (AvgIpc) is 3.88. The van der Waals surface area contributed by atoms with Crippen LogP contribution in [0.1, 0.15) is 22.3 Å². The van der Waals surface area contributed by atoms with Gasteiger partial charge in [0.05, 0.1) is 11.1 Å². The molecule has 0 bridgehead atoms. The van der Waals surface area contributed by atoms with Crippen molar-refractivity contribution < 1.29 is 4.42 Å². The lowest BCUT2D eigenvalue weighted by atomic mass is 9.70. The molecule has 0 amide bonds. The van der Waals surface area contributed by atoms with Crippen LogP contribution in [0, 0.1) is 0 Å². The lowest BCUT2D eigenvalue weighted by Gasteiger charge is -2.32. The predicted molar refractivity (Wildman–Crippen MR) is 228 cm³/mol. The van der Waals surface area contributed by atoms with E-state index in [-0.39, 0.29) is 0 Å². The summed E-state index contributed by atoms with van der Waals surface area (Å²) in [6.07, 6.45) is 0. The summed E-state index contributed by atoms with van der Waals surface area (Å²) in [6.45, 7) is 0. The van der Waals surface area contributed by atoms with Gasteiger partial charge in [0.1, 0.15) is 11.2 Å². The first-order chi connectivity index (χ1) is 27.3. The van der Waals surface area contributed by atoms with Crippen molar-refractivity contribution in [3.63, 3.8) is 0 Å². The van der Waals surface area contributed by atoms with Crippen molar-refractivity contribution in [2.24, 2.45) is 0 Å². The molecule has 0 atom stereocenters. The van der Waals surface area contributed by atoms with Crippen LogP contribution in [-0.2, 0) is 5.41 Å². The molecule has 0 radical (unpaired) electrons. The highest BCUT2D eigenvalue weighted by Crippen LogP contribution is 2.63. The molecule has 256 valence electrons. The van der Waals surface area contributed by atoms with Crippen molar-refractivity contribution in [3.05, 3.63) is 222 Å². The quantitative estimate of drug-likeness (QED) is 0.182. The van der Waals surface area contributed by atoms with Crippen LogP contribution in [0.5, 0.6) is 0 Å². The Bertz CT molecular complexity index is 3100. The number of nitrogens with zero attached hydrogens (tertiary/aromatic N) is 1. The van der Waals surface area contributed by atoms with Crippen LogP contribution in [0.25, 0.3) is 66.1 Å². The van der Waals surface area contributed by atoms with Gasteiger partial charge in [0.2, 0.25) is 0 Å². The second-order valence-corrected chi connectivity index (χ2v) is 14.8. The summed E-state index contributed by atoms with van der Waals surface area (Å²) in [6, 6.07) is 73.3. The number of anilines is 3. The molecule has 2 heteroatoms. The SMILES string of the molecule is c1ccc2c(c1)-c1ccccc1C21c2ccccc2-c2ccc(N(c3ccc(-c4cccc5c4oc4ccccc45)cc3)c3cccc4ccccc34)cc21. The van der Waals surface area contributed by atoms with Crippen LogP contribution in [0.3, 0.4) is 0 Å². The van der Waals surface area contributed by atoms with E-state index in [1.165, 1.54) is 55.3 Å².